The lowest BCUT2D eigenvalue weighted by Crippen LogP contribution is -2.14. The number of benzene rings is 1. The van der Waals surface area contributed by atoms with Crippen LogP contribution in [0.15, 0.2) is 17.0 Å². The molecule has 0 spiro atoms. The Morgan fingerprint density at radius 1 is 0.840 bits per heavy atom. The first kappa shape index (κ1) is 21.6. The third kappa shape index (κ3) is 6.09. The normalized spacial score (nSPS) is 14.7. The van der Waals surface area contributed by atoms with Crippen molar-refractivity contribution >= 4 is 21.8 Å². The molecule has 2 nitrogen and oxygen atoms in total. The van der Waals surface area contributed by atoms with Crippen molar-refractivity contribution < 1.29 is 29.0 Å². The van der Waals surface area contributed by atoms with Crippen molar-refractivity contribution in [2.75, 3.05) is 0 Å². The number of aryl methyl sites for hydroxylation is 2. The fraction of sp³-hybridized carbons (Fsp3) is 0.529. The number of rotatable bonds is 9. The number of Topliss-reactive ketones (excluding diaryl/α,β-unsaturated/α-hetero) is 2. The zero-order chi connectivity index (χ0) is 19.5. The largest absolute Gasteiger partial charge is 0.310 e. The standard InChI is InChI=1S/C17H23F5O2S/c1-4-15(23)10-8-13-6-7-14(9-11-16(24)5-2)17(12(13)3)25(18,19,20,21)22/h6-7H,4-5,8-11H2,1-3H3. The molecule has 25 heavy (non-hydrogen) atoms. The lowest BCUT2D eigenvalue weighted by atomic mass is 9.97. The average Bonchev–Trinajstić information content (AvgIpc) is 2.48. The Morgan fingerprint density at radius 2 is 1.24 bits per heavy atom. The maximum Gasteiger partial charge on any atom is 0.310 e. The van der Waals surface area contributed by atoms with Crippen LogP contribution in [-0.4, -0.2) is 11.6 Å². The van der Waals surface area contributed by atoms with Gasteiger partial charge in [-0.2, -0.15) is 0 Å². The van der Waals surface area contributed by atoms with Crippen LogP contribution in [0.2, 0.25) is 0 Å². The van der Waals surface area contributed by atoms with Crippen LogP contribution in [0.25, 0.3) is 0 Å². The number of hydrogen-bond donors (Lipinski definition) is 0. The van der Waals surface area contributed by atoms with Crippen LogP contribution in [0.4, 0.5) is 19.4 Å². The predicted octanol–water partition coefficient (Wildman–Crippen LogP) is 6.48. The molecule has 0 unspecified atom stereocenters. The first-order valence-electron chi connectivity index (χ1n) is 8.08. The summed E-state index contributed by atoms with van der Waals surface area (Å²) in [6.07, 6.45) is -0.238. The minimum atomic E-state index is -9.92. The van der Waals surface area contributed by atoms with Gasteiger partial charge in [0.25, 0.3) is 0 Å². The number of carbonyl (C=O) groups is 2. The van der Waals surface area contributed by atoms with Gasteiger partial charge >= 0.3 is 10.2 Å². The second-order valence-corrected chi connectivity index (χ2v) is 8.44. The summed E-state index contributed by atoms with van der Waals surface area (Å²) < 4.78 is 67.8. The van der Waals surface area contributed by atoms with Gasteiger partial charge in [0.05, 0.1) is 0 Å². The summed E-state index contributed by atoms with van der Waals surface area (Å²) in [4.78, 5) is 20.9. The van der Waals surface area contributed by atoms with Crippen molar-refractivity contribution in [2.45, 2.75) is 64.2 Å². The van der Waals surface area contributed by atoms with E-state index < -0.39 is 26.2 Å². The molecule has 0 fully saturated rings. The molecular weight excluding hydrogens is 363 g/mol. The molecule has 1 aromatic carbocycles. The van der Waals surface area contributed by atoms with Gasteiger partial charge in [-0.05, 0) is 36.5 Å². The van der Waals surface area contributed by atoms with E-state index in [0.717, 1.165) is 13.0 Å². The smallest absolute Gasteiger partial charge is 0.300 e. The molecule has 0 aromatic heterocycles. The molecule has 0 aliphatic heterocycles. The van der Waals surface area contributed by atoms with Crippen molar-refractivity contribution in [1.82, 2.24) is 0 Å². The summed E-state index contributed by atoms with van der Waals surface area (Å²) in [6, 6.07) is 2.35. The van der Waals surface area contributed by atoms with Gasteiger partial charge in [-0.1, -0.05) is 45.4 Å². The van der Waals surface area contributed by atoms with E-state index in [2.05, 4.69) is 0 Å². The van der Waals surface area contributed by atoms with Crippen LogP contribution >= 0.6 is 10.2 Å². The average molecular weight is 386 g/mol. The number of carbonyl (C=O) groups excluding carboxylic acids is 2. The van der Waals surface area contributed by atoms with Gasteiger partial charge in [0.2, 0.25) is 0 Å². The zero-order valence-electron chi connectivity index (χ0n) is 14.5. The molecule has 0 saturated carbocycles. The summed E-state index contributed by atoms with van der Waals surface area (Å²) in [7, 11) is -9.92. The van der Waals surface area contributed by atoms with Gasteiger partial charge in [0.15, 0.2) is 0 Å². The zero-order valence-corrected chi connectivity index (χ0v) is 15.3. The predicted molar refractivity (Wildman–Crippen MR) is 89.8 cm³/mol. The lowest BCUT2D eigenvalue weighted by Gasteiger charge is -2.43. The van der Waals surface area contributed by atoms with Gasteiger partial charge in [0, 0.05) is 25.7 Å². The van der Waals surface area contributed by atoms with Gasteiger partial charge in [-0.25, -0.2) is 0 Å². The minimum absolute atomic E-state index is 0.00473. The van der Waals surface area contributed by atoms with E-state index in [-0.39, 0.29) is 55.7 Å². The first-order chi connectivity index (χ1) is 11.2. The Labute approximate surface area is 144 Å². The Balaban J connectivity index is 3.39. The molecule has 0 aliphatic rings. The summed E-state index contributed by atoms with van der Waals surface area (Å²) >= 11 is 0. The number of hydrogen-bond acceptors (Lipinski definition) is 2. The third-order valence-corrected chi connectivity index (χ3v) is 5.46. The molecule has 0 N–H and O–H groups in total. The summed E-state index contributed by atoms with van der Waals surface area (Å²) in [5.41, 5.74) is -1.04. The molecule has 8 heteroatoms. The second-order valence-electron chi connectivity index (χ2n) is 6.09. The Morgan fingerprint density at radius 3 is 1.64 bits per heavy atom. The van der Waals surface area contributed by atoms with Crippen LogP contribution in [-0.2, 0) is 22.4 Å². The van der Waals surface area contributed by atoms with E-state index in [4.69, 9.17) is 0 Å². The highest BCUT2D eigenvalue weighted by Crippen LogP contribution is 3.02. The topological polar surface area (TPSA) is 34.1 Å². The molecule has 1 rings (SSSR count). The molecule has 0 saturated heterocycles. The summed E-state index contributed by atoms with van der Waals surface area (Å²) in [6.45, 7) is 4.19. The van der Waals surface area contributed by atoms with Gasteiger partial charge in [-0.15, -0.1) is 0 Å². The fourth-order valence-corrected chi connectivity index (χ4v) is 4.07. The summed E-state index contributed by atoms with van der Waals surface area (Å²) in [5, 5.41) is 0. The highest BCUT2D eigenvalue weighted by atomic mass is 32.5. The van der Waals surface area contributed by atoms with Gasteiger partial charge in [-0.3, -0.25) is 9.59 Å². The molecule has 0 heterocycles. The van der Waals surface area contributed by atoms with Crippen molar-refractivity contribution in [3.63, 3.8) is 0 Å². The fourth-order valence-electron chi connectivity index (χ4n) is 2.70. The third-order valence-electron chi connectivity index (χ3n) is 4.12. The first-order valence-corrected chi connectivity index (χ1v) is 10.0. The van der Waals surface area contributed by atoms with E-state index in [0.29, 0.717) is 0 Å². The van der Waals surface area contributed by atoms with Gasteiger partial charge < -0.3 is 0 Å². The molecule has 0 radical (unpaired) electrons. The molecule has 0 bridgehead atoms. The molecule has 0 atom stereocenters. The maximum absolute atomic E-state index is 13.6. The van der Waals surface area contributed by atoms with Gasteiger partial charge in [0.1, 0.15) is 16.5 Å². The Kier molecular flexibility index (Phi) is 5.79. The Bertz CT molecular complexity index is 680. The van der Waals surface area contributed by atoms with Crippen LogP contribution in [0.1, 0.15) is 56.2 Å². The SMILES string of the molecule is CCC(=O)CCc1ccc(CCC(=O)CC)c(S(F)(F)(F)(F)F)c1C. The monoisotopic (exact) mass is 386 g/mol. The molecule has 144 valence electrons. The molecule has 1 aromatic rings. The quantitative estimate of drug-likeness (QED) is 0.456. The minimum Gasteiger partial charge on any atom is -0.300 e. The second kappa shape index (κ2) is 6.70. The van der Waals surface area contributed by atoms with E-state index in [1.807, 2.05) is 0 Å². The van der Waals surface area contributed by atoms with Crippen molar-refractivity contribution in [1.29, 1.82) is 0 Å². The molecular formula is C17H23F5O2S. The van der Waals surface area contributed by atoms with E-state index in [9.17, 15) is 29.0 Å². The molecule has 0 aliphatic carbocycles. The van der Waals surface area contributed by atoms with E-state index in [1.165, 1.54) is 6.07 Å². The molecule has 0 amide bonds. The number of ketones is 2. The van der Waals surface area contributed by atoms with Crippen molar-refractivity contribution in [2.24, 2.45) is 0 Å². The summed E-state index contributed by atoms with van der Waals surface area (Å²) in [5.74, 6) is -0.436. The van der Waals surface area contributed by atoms with Crippen LogP contribution in [0.5, 0.6) is 0 Å². The van der Waals surface area contributed by atoms with E-state index >= 15 is 0 Å². The lowest BCUT2D eigenvalue weighted by molar-refractivity contribution is -0.119. The van der Waals surface area contributed by atoms with Crippen molar-refractivity contribution in [3.05, 3.63) is 28.8 Å². The van der Waals surface area contributed by atoms with Crippen LogP contribution < -0.4 is 0 Å². The maximum atomic E-state index is 13.6. The highest BCUT2D eigenvalue weighted by Gasteiger charge is 2.67. The van der Waals surface area contributed by atoms with E-state index in [1.54, 1.807) is 13.8 Å². The highest BCUT2D eigenvalue weighted by molar-refractivity contribution is 8.45. The number of halogens is 5. The Hall–Kier alpha value is -1.44. The van der Waals surface area contributed by atoms with Crippen LogP contribution in [0.3, 0.4) is 0 Å². The van der Waals surface area contributed by atoms with Crippen LogP contribution in [0, 0.1) is 6.92 Å². The van der Waals surface area contributed by atoms with Crippen molar-refractivity contribution in [3.8, 4) is 0 Å².